The first-order valence-electron chi connectivity index (χ1n) is 4.91. The fourth-order valence-corrected chi connectivity index (χ4v) is 1.45. The molecular weight excluding hydrogens is 228 g/mol. The molecule has 0 saturated heterocycles. The third kappa shape index (κ3) is 2.30. The van der Waals surface area contributed by atoms with Crippen LogP contribution in [0.1, 0.15) is 12.8 Å². The number of rotatable bonds is 5. The number of hydrogen-bond acceptors (Lipinski definition) is 4. The number of nitrogens with zero attached hydrogens (tertiary/aromatic N) is 3. The number of hydrogen-bond donors (Lipinski definition) is 1. The van der Waals surface area contributed by atoms with Gasteiger partial charge in [-0.15, -0.1) is 6.58 Å². The summed E-state index contributed by atoms with van der Waals surface area (Å²) in [7, 11) is 0. The van der Waals surface area contributed by atoms with Crippen LogP contribution in [-0.4, -0.2) is 26.8 Å². The number of fused-ring (bicyclic) bond motifs is 1. The van der Waals surface area contributed by atoms with Gasteiger partial charge in [-0.25, -0.2) is 0 Å². The van der Waals surface area contributed by atoms with Crippen molar-refractivity contribution in [2.24, 2.45) is 0 Å². The van der Waals surface area contributed by atoms with Crippen molar-refractivity contribution in [2.45, 2.75) is 12.8 Å². The Bertz CT molecular complexity index is 497. The lowest BCUT2D eigenvalue weighted by molar-refractivity contribution is 0.304. The molecule has 0 saturated carbocycles. The predicted octanol–water partition coefficient (Wildman–Crippen LogP) is 2.35. The van der Waals surface area contributed by atoms with E-state index in [9.17, 15) is 0 Å². The minimum atomic E-state index is 0.149. The molecule has 0 unspecified atom stereocenters. The molecule has 2 aromatic heterocycles. The second kappa shape index (κ2) is 4.94. The van der Waals surface area contributed by atoms with Crippen LogP contribution in [0.2, 0.25) is 5.28 Å². The first-order valence-corrected chi connectivity index (χ1v) is 5.29. The topological polar surface area (TPSA) is 63.7 Å². The quantitative estimate of drug-likeness (QED) is 0.493. The first-order chi connectivity index (χ1) is 7.81. The lowest BCUT2D eigenvalue weighted by Crippen LogP contribution is -2.00. The number of nitrogens with one attached hydrogen (secondary N) is 1. The fourth-order valence-electron chi connectivity index (χ4n) is 1.29. The Morgan fingerprint density at radius 3 is 3.19 bits per heavy atom. The lowest BCUT2D eigenvalue weighted by atomic mass is 10.3. The minimum absolute atomic E-state index is 0.149. The van der Waals surface area contributed by atoms with E-state index in [0.717, 1.165) is 18.2 Å². The molecule has 0 radical (unpaired) electrons. The number of halogens is 1. The Morgan fingerprint density at radius 2 is 2.38 bits per heavy atom. The second-order valence-electron chi connectivity index (χ2n) is 3.21. The van der Waals surface area contributed by atoms with Crippen molar-refractivity contribution in [3.63, 3.8) is 0 Å². The van der Waals surface area contributed by atoms with Gasteiger partial charge in [0.15, 0.2) is 5.65 Å². The number of allylic oxidation sites excluding steroid dienone is 1. The normalized spacial score (nSPS) is 10.6. The van der Waals surface area contributed by atoms with E-state index in [1.807, 2.05) is 6.08 Å². The molecule has 1 N–H and O–H groups in total. The van der Waals surface area contributed by atoms with Gasteiger partial charge in [-0.05, 0) is 24.4 Å². The third-order valence-corrected chi connectivity index (χ3v) is 2.21. The molecule has 0 amide bonds. The van der Waals surface area contributed by atoms with Crippen molar-refractivity contribution in [1.29, 1.82) is 0 Å². The number of H-pyrrole nitrogens is 1. The van der Waals surface area contributed by atoms with E-state index in [0.29, 0.717) is 18.1 Å². The van der Waals surface area contributed by atoms with Crippen LogP contribution in [0.3, 0.4) is 0 Å². The molecule has 0 aliphatic carbocycles. The largest absolute Gasteiger partial charge is 0.477 e. The lowest BCUT2D eigenvalue weighted by Gasteiger charge is -2.04. The summed E-state index contributed by atoms with van der Waals surface area (Å²) < 4.78 is 5.52. The summed E-state index contributed by atoms with van der Waals surface area (Å²) in [5.74, 6) is 0.466. The van der Waals surface area contributed by atoms with Crippen LogP contribution < -0.4 is 4.74 Å². The monoisotopic (exact) mass is 238 g/mol. The van der Waals surface area contributed by atoms with Crippen LogP contribution in [0.5, 0.6) is 5.88 Å². The predicted molar refractivity (Wildman–Crippen MR) is 61.6 cm³/mol. The van der Waals surface area contributed by atoms with Gasteiger partial charge in [0.1, 0.15) is 5.39 Å². The molecule has 5 nitrogen and oxygen atoms in total. The third-order valence-electron chi connectivity index (χ3n) is 2.04. The van der Waals surface area contributed by atoms with Crippen LogP contribution in [0.25, 0.3) is 11.0 Å². The molecule has 0 aliphatic heterocycles. The molecular formula is C10H11ClN4O. The van der Waals surface area contributed by atoms with Gasteiger partial charge in [0.25, 0.3) is 0 Å². The van der Waals surface area contributed by atoms with Crippen molar-refractivity contribution < 1.29 is 4.74 Å². The van der Waals surface area contributed by atoms with Crippen LogP contribution in [0.4, 0.5) is 0 Å². The summed E-state index contributed by atoms with van der Waals surface area (Å²) in [5, 5.41) is 7.47. The molecule has 0 fully saturated rings. The van der Waals surface area contributed by atoms with Gasteiger partial charge >= 0.3 is 0 Å². The highest BCUT2D eigenvalue weighted by molar-refractivity contribution is 6.28. The Morgan fingerprint density at radius 1 is 1.50 bits per heavy atom. The van der Waals surface area contributed by atoms with Crippen molar-refractivity contribution >= 4 is 22.6 Å². The van der Waals surface area contributed by atoms with E-state index < -0.39 is 0 Å². The van der Waals surface area contributed by atoms with Crippen LogP contribution >= 0.6 is 11.6 Å². The molecule has 0 bridgehead atoms. The maximum Gasteiger partial charge on any atom is 0.229 e. The van der Waals surface area contributed by atoms with E-state index in [4.69, 9.17) is 16.3 Å². The van der Waals surface area contributed by atoms with Crippen molar-refractivity contribution in [3.8, 4) is 5.88 Å². The maximum absolute atomic E-state index is 5.75. The summed E-state index contributed by atoms with van der Waals surface area (Å²) in [6, 6.07) is 0. The second-order valence-corrected chi connectivity index (χ2v) is 3.55. The number of ether oxygens (including phenoxy) is 1. The summed E-state index contributed by atoms with van der Waals surface area (Å²) in [4.78, 5) is 8.00. The van der Waals surface area contributed by atoms with Crippen molar-refractivity contribution in [2.75, 3.05) is 6.61 Å². The van der Waals surface area contributed by atoms with E-state index in [-0.39, 0.29) is 5.28 Å². The van der Waals surface area contributed by atoms with Crippen molar-refractivity contribution in [3.05, 3.63) is 24.1 Å². The average Bonchev–Trinajstić information content (AvgIpc) is 2.72. The highest BCUT2D eigenvalue weighted by atomic mass is 35.5. The summed E-state index contributed by atoms with van der Waals surface area (Å²) in [5.41, 5.74) is 0.582. The number of aromatic amines is 1. The van der Waals surface area contributed by atoms with E-state index in [1.165, 1.54) is 0 Å². The maximum atomic E-state index is 5.75. The van der Waals surface area contributed by atoms with Gasteiger partial charge < -0.3 is 4.74 Å². The van der Waals surface area contributed by atoms with E-state index in [2.05, 4.69) is 26.7 Å². The smallest absolute Gasteiger partial charge is 0.229 e. The van der Waals surface area contributed by atoms with Gasteiger partial charge in [-0.3, -0.25) is 5.10 Å². The van der Waals surface area contributed by atoms with E-state index >= 15 is 0 Å². The Balaban J connectivity index is 2.15. The zero-order chi connectivity index (χ0) is 11.4. The molecule has 6 heteroatoms. The van der Waals surface area contributed by atoms with Crippen LogP contribution in [-0.2, 0) is 0 Å². The first kappa shape index (κ1) is 10.9. The van der Waals surface area contributed by atoms with Gasteiger partial charge in [0.05, 0.1) is 12.8 Å². The van der Waals surface area contributed by atoms with Gasteiger partial charge in [0, 0.05) is 0 Å². The Labute approximate surface area is 97.5 Å². The van der Waals surface area contributed by atoms with Gasteiger partial charge in [0.2, 0.25) is 11.2 Å². The molecule has 0 atom stereocenters. The standard InChI is InChI=1S/C10H11ClN4O/c1-2-3-4-5-16-9-7-6-12-15-8(7)13-10(11)14-9/h2,6H,1,3-5H2,(H,12,13,14,15). The molecule has 16 heavy (non-hydrogen) atoms. The number of aromatic nitrogens is 4. The fraction of sp³-hybridized carbons (Fsp3) is 0.300. The highest BCUT2D eigenvalue weighted by Crippen LogP contribution is 2.22. The molecule has 0 spiro atoms. The van der Waals surface area contributed by atoms with Crippen molar-refractivity contribution in [1.82, 2.24) is 20.2 Å². The molecule has 2 heterocycles. The summed E-state index contributed by atoms with van der Waals surface area (Å²) >= 11 is 5.75. The highest BCUT2D eigenvalue weighted by Gasteiger charge is 2.08. The number of unbranched alkanes of at least 4 members (excludes halogenated alkanes) is 1. The van der Waals surface area contributed by atoms with Crippen LogP contribution in [0, 0.1) is 0 Å². The SMILES string of the molecule is C=CCCCOc1nc(Cl)nc2[nH]ncc12. The zero-order valence-electron chi connectivity index (χ0n) is 8.61. The minimum Gasteiger partial charge on any atom is -0.477 e. The van der Waals surface area contributed by atoms with Gasteiger partial charge in [-0.1, -0.05) is 6.08 Å². The molecule has 0 aliphatic rings. The molecule has 84 valence electrons. The summed E-state index contributed by atoms with van der Waals surface area (Å²) in [6.07, 6.45) is 5.27. The summed E-state index contributed by atoms with van der Waals surface area (Å²) in [6.45, 7) is 4.21. The Kier molecular flexibility index (Phi) is 3.36. The average molecular weight is 239 g/mol. The van der Waals surface area contributed by atoms with E-state index in [1.54, 1.807) is 6.20 Å². The molecule has 0 aromatic carbocycles. The van der Waals surface area contributed by atoms with Gasteiger partial charge in [-0.2, -0.15) is 15.1 Å². The van der Waals surface area contributed by atoms with Crippen LogP contribution in [0.15, 0.2) is 18.9 Å². The Hall–Kier alpha value is -1.62. The molecule has 2 rings (SSSR count). The molecule has 2 aromatic rings. The zero-order valence-corrected chi connectivity index (χ0v) is 9.37.